The summed E-state index contributed by atoms with van der Waals surface area (Å²) < 4.78 is 7.50. The number of carbonyl (C=O) groups is 2. The zero-order valence-electron chi connectivity index (χ0n) is 27.8. The number of hydrogen-bond acceptors (Lipinski definition) is 9. The molecule has 1 saturated heterocycles. The molecule has 13 heteroatoms. The zero-order valence-corrected chi connectivity index (χ0v) is 27.8. The van der Waals surface area contributed by atoms with Gasteiger partial charge in [0.2, 0.25) is 0 Å². The highest BCUT2D eigenvalue weighted by atomic mass is 16.5. The molecule has 5 aromatic rings. The van der Waals surface area contributed by atoms with Crippen LogP contribution in [-0.4, -0.2) is 81.9 Å². The van der Waals surface area contributed by atoms with Gasteiger partial charge in [-0.2, -0.15) is 5.10 Å². The van der Waals surface area contributed by atoms with Crippen LogP contribution in [0.2, 0.25) is 0 Å². The van der Waals surface area contributed by atoms with Crippen molar-refractivity contribution in [2.45, 2.75) is 39.3 Å². The van der Waals surface area contributed by atoms with Crippen molar-refractivity contribution in [3.8, 4) is 5.75 Å². The van der Waals surface area contributed by atoms with Gasteiger partial charge in [-0.05, 0) is 89.3 Å². The summed E-state index contributed by atoms with van der Waals surface area (Å²) in [4.78, 5) is 43.4. The first-order valence-electron chi connectivity index (χ1n) is 15.9. The first-order valence-corrected chi connectivity index (χ1v) is 15.9. The van der Waals surface area contributed by atoms with E-state index in [1.807, 2.05) is 54.9 Å². The fourth-order valence-electron chi connectivity index (χ4n) is 5.88. The van der Waals surface area contributed by atoms with Crippen molar-refractivity contribution in [3.63, 3.8) is 0 Å². The second-order valence-corrected chi connectivity index (χ2v) is 12.1. The third kappa shape index (κ3) is 7.20. The average Bonchev–Trinajstić information content (AvgIpc) is 3.40. The van der Waals surface area contributed by atoms with Crippen LogP contribution in [0, 0.1) is 13.8 Å². The van der Waals surface area contributed by atoms with E-state index in [9.17, 15) is 9.59 Å². The number of anilines is 4. The number of rotatable bonds is 9. The van der Waals surface area contributed by atoms with Gasteiger partial charge in [0.05, 0.1) is 41.9 Å². The minimum atomic E-state index is -0.378. The van der Waals surface area contributed by atoms with Gasteiger partial charge in [-0.3, -0.25) is 19.4 Å². The number of methoxy groups -OCH3 is 1. The Balaban J connectivity index is 1.14. The van der Waals surface area contributed by atoms with Gasteiger partial charge in [-0.25, -0.2) is 14.8 Å². The fraction of sp³-hybridized carbons (Fsp3) is 0.314. The van der Waals surface area contributed by atoms with Crippen molar-refractivity contribution in [1.82, 2.24) is 34.9 Å². The number of carbonyl (C=O) groups excluding carboxylic acids is 2. The van der Waals surface area contributed by atoms with Crippen molar-refractivity contribution >= 4 is 45.9 Å². The number of aryl methyl sites for hydroxylation is 2. The van der Waals surface area contributed by atoms with Gasteiger partial charge in [0.15, 0.2) is 0 Å². The minimum Gasteiger partial charge on any atom is -0.495 e. The maximum atomic E-state index is 13.5. The molecular formula is C35H40N10O3. The number of benzene rings is 2. The largest absolute Gasteiger partial charge is 0.495 e. The van der Waals surface area contributed by atoms with Crippen LogP contribution in [0.3, 0.4) is 0 Å². The Hall–Kier alpha value is -5.56. The number of nitrogens with zero attached hydrogens (tertiary/aromatic N) is 7. The number of fused-ring (bicyclic) bond motifs is 1. The maximum absolute atomic E-state index is 13.5. The molecule has 3 amide bonds. The van der Waals surface area contributed by atoms with E-state index in [-0.39, 0.29) is 18.0 Å². The Morgan fingerprint density at radius 3 is 2.56 bits per heavy atom. The monoisotopic (exact) mass is 648 g/mol. The van der Waals surface area contributed by atoms with Crippen LogP contribution in [0.15, 0.2) is 67.0 Å². The molecule has 48 heavy (non-hydrogen) atoms. The summed E-state index contributed by atoms with van der Waals surface area (Å²) in [6, 6.07) is 18.3. The molecule has 3 aromatic heterocycles. The van der Waals surface area contributed by atoms with E-state index in [1.165, 1.54) is 11.2 Å². The van der Waals surface area contributed by atoms with E-state index in [0.717, 1.165) is 53.9 Å². The number of likely N-dealkylation sites (tertiary alicyclic amines) is 1. The number of amides is 3. The normalized spacial score (nSPS) is 13.7. The SMILES string of the molecule is COc1cc(C(=O)NC2CCN(C)CC2)ccc1Nc1cc(N(C)C(=O)Nc2cccc3c2c(C)nn3Cc2cccc(C)n2)ncn1. The second kappa shape index (κ2) is 14.1. The lowest BCUT2D eigenvalue weighted by Crippen LogP contribution is -2.43. The van der Waals surface area contributed by atoms with E-state index in [1.54, 1.807) is 38.4 Å². The number of urea groups is 1. The number of pyridine rings is 1. The molecule has 6 rings (SSSR count). The highest BCUT2D eigenvalue weighted by molar-refractivity contribution is 6.07. The molecule has 248 valence electrons. The average molecular weight is 649 g/mol. The predicted molar refractivity (Wildman–Crippen MR) is 186 cm³/mol. The molecule has 0 atom stereocenters. The van der Waals surface area contributed by atoms with E-state index >= 15 is 0 Å². The van der Waals surface area contributed by atoms with Gasteiger partial charge in [0.25, 0.3) is 5.91 Å². The fourth-order valence-corrected chi connectivity index (χ4v) is 5.88. The minimum absolute atomic E-state index is 0.132. The molecule has 0 aliphatic carbocycles. The number of hydrogen-bond donors (Lipinski definition) is 3. The van der Waals surface area contributed by atoms with Gasteiger partial charge in [0.1, 0.15) is 23.7 Å². The summed E-state index contributed by atoms with van der Waals surface area (Å²) in [5.41, 5.74) is 5.31. The summed E-state index contributed by atoms with van der Waals surface area (Å²) in [6.45, 7) is 6.32. The lowest BCUT2D eigenvalue weighted by Gasteiger charge is -2.29. The van der Waals surface area contributed by atoms with Crippen LogP contribution in [0.1, 0.15) is 40.3 Å². The summed E-state index contributed by atoms with van der Waals surface area (Å²) in [5.74, 6) is 1.18. The molecule has 0 spiro atoms. The predicted octanol–water partition coefficient (Wildman–Crippen LogP) is 5.13. The molecule has 13 nitrogen and oxygen atoms in total. The highest BCUT2D eigenvalue weighted by Crippen LogP contribution is 2.30. The molecule has 0 bridgehead atoms. The van der Waals surface area contributed by atoms with Crippen molar-refractivity contribution in [1.29, 1.82) is 0 Å². The van der Waals surface area contributed by atoms with Crippen LogP contribution >= 0.6 is 0 Å². The molecule has 0 unspecified atom stereocenters. The number of nitrogens with one attached hydrogen (secondary N) is 3. The van der Waals surface area contributed by atoms with Crippen molar-refractivity contribution in [3.05, 3.63) is 89.6 Å². The third-order valence-corrected chi connectivity index (χ3v) is 8.53. The Bertz CT molecular complexity index is 1950. The van der Waals surface area contributed by atoms with E-state index < -0.39 is 0 Å². The molecule has 2 aromatic carbocycles. The van der Waals surface area contributed by atoms with Crippen molar-refractivity contribution in [2.75, 3.05) is 49.8 Å². The topological polar surface area (TPSA) is 142 Å². The Morgan fingerprint density at radius 1 is 1.00 bits per heavy atom. The highest BCUT2D eigenvalue weighted by Gasteiger charge is 2.21. The lowest BCUT2D eigenvalue weighted by atomic mass is 10.0. The van der Waals surface area contributed by atoms with Crippen LogP contribution in [0.4, 0.5) is 27.8 Å². The second-order valence-electron chi connectivity index (χ2n) is 12.1. The molecule has 0 radical (unpaired) electrons. The van der Waals surface area contributed by atoms with Gasteiger partial charge in [-0.15, -0.1) is 0 Å². The Labute approximate surface area is 279 Å². The first kappa shape index (κ1) is 32.4. The standard InChI is InChI=1S/C35H40N10O3/c1-22-8-6-9-26(38-22)20-45-29-11-7-10-28(33(29)23(2)42-45)41-35(47)44(4)32-19-31(36-21-37-32)40-27-13-12-24(18-30(27)48-5)34(46)39-25-14-16-43(3)17-15-25/h6-13,18-19,21,25H,14-17,20H2,1-5H3,(H,39,46)(H,41,47)(H,36,37,40). The van der Waals surface area contributed by atoms with Crippen LogP contribution in [-0.2, 0) is 6.54 Å². The lowest BCUT2D eigenvalue weighted by molar-refractivity contribution is 0.0916. The first-order chi connectivity index (χ1) is 23.2. The summed E-state index contributed by atoms with van der Waals surface area (Å²) in [6.07, 6.45) is 3.23. The van der Waals surface area contributed by atoms with Crippen LogP contribution in [0.25, 0.3) is 10.9 Å². The molecule has 1 fully saturated rings. The van der Waals surface area contributed by atoms with E-state index in [0.29, 0.717) is 40.9 Å². The van der Waals surface area contributed by atoms with Gasteiger partial charge in [-0.1, -0.05) is 12.1 Å². The quantitative estimate of drug-likeness (QED) is 0.198. The maximum Gasteiger partial charge on any atom is 0.327 e. The van der Waals surface area contributed by atoms with Gasteiger partial charge in [0, 0.05) is 35.8 Å². The summed E-state index contributed by atoms with van der Waals surface area (Å²) in [5, 5.41) is 15.0. The number of ether oxygens (including phenoxy) is 1. The van der Waals surface area contributed by atoms with E-state index in [4.69, 9.17) is 9.84 Å². The zero-order chi connectivity index (χ0) is 33.8. The summed E-state index contributed by atoms with van der Waals surface area (Å²) in [7, 11) is 5.28. The molecule has 1 aliphatic rings. The van der Waals surface area contributed by atoms with Crippen molar-refractivity contribution < 1.29 is 14.3 Å². The molecular weight excluding hydrogens is 608 g/mol. The number of piperidine rings is 1. The molecule has 3 N–H and O–H groups in total. The molecule has 4 heterocycles. The number of aromatic nitrogens is 5. The molecule has 1 aliphatic heterocycles. The Kier molecular flexibility index (Phi) is 9.48. The van der Waals surface area contributed by atoms with E-state index in [2.05, 4.69) is 42.8 Å². The van der Waals surface area contributed by atoms with Crippen LogP contribution < -0.4 is 25.6 Å². The van der Waals surface area contributed by atoms with Gasteiger partial charge >= 0.3 is 6.03 Å². The van der Waals surface area contributed by atoms with Crippen LogP contribution in [0.5, 0.6) is 5.75 Å². The molecule has 0 saturated carbocycles. The van der Waals surface area contributed by atoms with Crippen molar-refractivity contribution in [2.24, 2.45) is 0 Å². The van der Waals surface area contributed by atoms with Gasteiger partial charge < -0.3 is 25.6 Å². The Morgan fingerprint density at radius 2 is 1.79 bits per heavy atom. The summed E-state index contributed by atoms with van der Waals surface area (Å²) >= 11 is 0. The third-order valence-electron chi connectivity index (χ3n) is 8.53. The smallest absolute Gasteiger partial charge is 0.327 e.